The fourth-order valence-electron chi connectivity index (χ4n) is 2.89. The van der Waals surface area contributed by atoms with Crippen molar-refractivity contribution in [1.82, 2.24) is 10.2 Å². The van der Waals surface area contributed by atoms with E-state index < -0.39 is 42.4 Å². The van der Waals surface area contributed by atoms with Gasteiger partial charge in [-0.15, -0.1) is 0 Å². The van der Waals surface area contributed by atoms with Gasteiger partial charge in [0.25, 0.3) is 0 Å². The van der Waals surface area contributed by atoms with Gasteiger partial charge in [-0.1, -0.05) is 24.4 Å². The summed E-state index contributed by atoms with van der Waals surface area (Å²) in [5.74, 6) is -2.96. The van der Waals surface area contributed by atoms with Crippen LogP contribution in [0.25, 0.3) is 0 Å². The SMILES string of the molecule is O=C(O)N[C@@H]1CC[C@@H](c2cccc(F)c2F)CN(CC(F)(F)F)C1=S. The van der Waals surface area contributed by atoms with Crippen molar-refractivity contribution in [2.75, 3.05) is 13.1 Å². The molecule has 0 bridgehead atoms. The molecule has 1 heterocycles. The molecule has 25 heavy (non-hydrogen) atoms. The van der Waals surface area contributed by atoms with Crippen molar-refractivity contribution in [1.29, 1.82) is 0 Å². The summed E-state index contributed by atoms with van der Waals surface area (Å²) in [6.45, 7) is -1.67. The number of carboxylic acid groups (broad SMARTS) is 1. The van der Waals surface area contributed by atoms with Crippen molar-refractivity contribution < 1.29 is 31.9 Å². The van der Waals surface area contributed by atoms with E-state index in [0.29, 0.717) is 0 Å². The Kier molecular flexibility index (Phi) is 5.81. The molecule has 1 fully saturated rings. The molecule has 0 radical (unpaired) electrons. The molecule has 1 aliphatic rings. The minimum atomic E-state index is -4.58. The summed E-state index contributed by atoms with van der Waals surface area (Å²) in [5.41, 5.74) is -0.0500. The van der Waals surface area contributed by atoms with Crippen LogP contribution in [0.1, 0.15) is 24.3 Å². The van der Waals surface area contributed by atoms with Crippen LogP contribution in [-0.2, 0) is 0 Å². The van der Waals surface area contributed by atoms with Gasteiger partial charge < -0.3 is 15.3 Å². The summed E-state index contributed by atoms with van der Waals surface area (Å²) in [6, 6.07) is 2.50. The first-order chi connectivity index (χ1) is 11.6. The number of halogens is 5. The zero-order valence-electron chi connectivity index (χ0n) is 12.8. The lowest BCUT2D eigenvalue weighted by atomic mass is 9.93. The van der Waals surface area contributed by atoms with Gasteiger partial charge in [-0.2, -0.15) is 13.2 Å². The third-order valence-electron chi connectivity index (χ3n) is 3.94. The maximum Gasteiger partial charge on any atom is 0.405 e. The van der Waals surface area contributed by atoms with Gasteiger partial charge in [0.15, 0.2) is 11.6 Å². The quantitative estimate of drug-likeness (QED) is 0.619. The van der Waals surface area contributed by atoms with Gasteiger partial charge in [-0.05, 0) is 24.5 Å². The van der Waals surface area contributed by atoms with E-state index in [4.69, 9.17) is 17.3 Å². The highest BCUT2D eigenvalue weighted by molar-refractivity contribution is 7.80. The molecule has 4 nitrogen and oxygen atoms in total. The normalized spacial score (nSPS) is 21.8. The number of nitrogens with zero attached hydrogens (tertiary/aromatic N) is 1. The predicted octanol–water partition coefficient (Wildman–Crippen LogP) is 3.67. The Balaban J connectivity index is 2.33. The number of carbonyl (C=O) groups is 1. The number of rotatable bonds is 3. The Hall–Kier alpha value is -1.97. The van der Waals surface area contributed by atoms with E-state index >= 15 is 0 Å². The van der Waals surface area contributed by atoms with Crippen LogP contribution in [-0.4, -0.2) is 46.4 Å². The molecular formula is C15H15F5N2O2S. The molecule has 2 rings (SSSR count). The van der Waals surface area contributed by atoms with E-state index in [2.05, 4.69) is 5.32 Å². The Bertz CT molecular complexity index is 668. The molecular weight excluding hydrogens is 367 g/mol. The summed E-state index contributed by atoms with van der Waals surface area (Å²) in [5, 5.41) is 10.9. The van der Waals surface area contributed by atoms with Crippen LogP contribution in [0.15, 0.2) is 18.2 Å². The van der Waals surface area contributed by atoms with Crippen molar-refractivity contribution in [3.63, 3.8) is 0 Å². The number of thiocarbonyl (C=S) groups is 1. The minimum Gasteiger partial charge on any atom is -0.465 e. The Labute approximate surface area is 145 Å². The third-order valence-corrected chi connectivity index (χ3v) is 4.49. The molecule has 138 valence electrons. The second-order valence-corrected chi connectivity index (χ2v) is 6.17. The van der Waals surface area contributed by atoms with Crippen LogP contribution in [0.3, 0.4) is 0 Å². The van der Waals surface area contributed by atoms with Crippen molar-refractivity contribution >= 4 is 23.3 Å². The molecule has 1 saturated heterocycles. The zero-order valence-corrected chi connectivity index (χ0v) is 13.6. The first-order valence-electron chi connectivity index (χ1n) is 7.37. The highest BCUT2D eigenvalue weighted by atomic mass is 32.1. The molecule has 0 aromatic heterocycles. The summed E-state index contributed by atoms with van der Waals surface area (Å²) in [6.07, 6.45) is -5.76. The van der Waals surface area contributed by atoms with E-state index in [1.165, 1.54) is 12.1 Å². The fourth-order valence-corrected chi connectivity index (χ4v) is 3.21. The first kappa shape index (κ1) is 19.4. The maximum absolute atomic E-state index is 14.0. The molecule has 1 amide bonds. The topological polar surface area (TPSA) is 52.6 Å². The van der Waals surface area contributed by atoms with Gasteiger partial charge in [-0.3, -0.25) is 0 Å². The van der Waals surface area contributed by atoms with Gasteiger partial charge in [0, 0.05) is 12.5 Å². The number of nitrogens with one attached hydrogen (secondary N) is 1. The number of amides is 1. The minimum absolute atomic E-state index is 0.0500. The van der Waals surface area contributed by atoms with Crippen LogP contribution in [0.5, 0.6) is 0 Å². The first-order valence-corrected chi connectivity index (χ1v) is 7.78. The predicted molar refractivity (Wildman–Crippen MR) is 83.5 cm³/mol. The average Bonchev–Trinajstić information content (AvgIpc) is 2.62. The number of hydrogen-bond donors (Lipinski definition) is 2. The highest BCUT2D eigenvalue weighted by Crippen LogP contribution is 2.31. The van der Waals surface area contributed by atoms with Gasteiger partial charge in [0.1, 0.15) is 11.5 Å². The molecule has 0 unspecified atom stereocenters. The summed E-state index contributed by atoms with van der Waals surface area (Å²) in [4.78, 5) is 11.4. The molecule has 1 aromatic rings. The average molecular weight is 382 g/mol. The van der Waals surface area contributed by atoms with Crippen LogP contribution >= 0.6 is 12.2 Å². The summed E-state index contributed by atoms with van der Waals surface area (Å²) < 4.78 is 66.0. The standard InChI is InChI=1S/C15H15F5N2O2S/c16-10-3-1-2-9(12(10)17)8-4-5-11(21-14(23)24)13(25)22(6-8)7-15(18,19)20/h1-3,8,11,21H,4-7H2,(H,23,24)/t8-,11-/m1/s1. The van der Waals surface area contributed by atoms with E-state index in [1.54, 1.807) is 0 Å². The highest BCUT2D eigenvalue weighted by Gasteiger charge is 2.37. The van der Waals surface area contributed by atoms with Gasteiger partial charge in [0.05, 0.1) is 6.04 Å². The van der Waals surface area contributed by atoms with Crippen LogP contribution in [0.2, 0.25) is 0 Å². The lowest BCUT2D eigenvalue weighted by Gasteiger charge is -2.29. The molecule has 2 N–H and O–H groups in total. The Morgan fingerprint density at radius 1 is 1.32 bits per heavy atom. The second kappa shape index (κ2) is 7.51. The van der Waals surface area contributed by atoms with Crippen molar-refractivity contribution in [2.24, 2.45) is 0 Å². The van der Waals surface area contributed by atoms with Crippen LogP contribution < -0.4 is 5.32 Å². The van der Waals surface area contributed by atoms with Crippen LogP contribution in [0, 0.1) is 11.6 Å². The molecule has 10 heteroatoms. The summed E-state index contributed by atoms with van der Waals surface area (Å²) >= 11 is 5.02. The summed E-state index contributed by atoms with van der Waals surface area (Å²) in [7, 11) is 0. The third kappa shape index (κ3) is 5.00. The molecule has 1 aliphatic heterocycles. The van der Waals surface area contributed by atoms with Gasteiger partial charge in [0.2, 0.25) is 0 Å². The molecule has 0 aliphatic carbocycles. The van der Waals surface area contributed by atoms with Gasteiger partial charge in [-0.25, -0.2) is 13.6 Å². The van der Waals surface area contributed by atoms with Crippen molar-refractivity contribution in [3.8, 4) is 0 Å². The van der Waals surface area contributed by atoms with Crippen LogP contribution in [0.4, 0.5) is 26.7 Å². The Morgan fingerprint density at radius 2 is 2.00 bits per heavy atom. The van der Waals surface area contributed by atoms with Gasteiger partial charge >= 0.3 is 12.3 Å². The second-order valence-electron chi connectivity index (χ2n) is 5.75. The largest absolute Gasteiger partial charge is 0.465 e. The molecule has 0 spiro atoms. The number of likely N-dealkylation sites (tertiary alicyclic amines) is 1. The number of hydrogen-bond acceptors (Lipinski definition) is 2. The van der Waals surface area contributed by atoms with E-state index in [0.717, 1.165) is 11.0 Å². The van der Waals surface area contributed by atoms with Crippen molar-refractivity contribution in [3.05, 3.63) is 35.4 Å². The maximum atomic E-state index is 14.0. The van der Waals surface area contributed by atoms with Crippen molar-refractivity contribution in [2.45, 2.75) is 31.0 Å². The monoisotopic (exact) mass is 382 g/mol. The Morgan fingerprint density at radius 3 is 2.60 bits per heavy atom. The zero-order chi connectivity index (χ0) is 18.8. The van der Waals surface area contributed by atoms with E-state index in [9.17, 15) is 26.7 Å². The molecule has 1 aromatic carbocycles. The lowest BCUT2D eigenvalue weighted by Crippen LogP contribution is -2.48. The van der Waals surface area contributed by atoms with E-state index in [1.807, 2.05) is 0 Å². The molecule has 2 atom stereocenters. The van der Waals surface area contributed by atoms with E-state index in [-0.39, 0.29) is 29.9 Å². The fraction of sp³-hybridized carbons (Fsp3) is 0.467. The molecule has 0 saturated carbocycles. The lowest BCUT2D eigenvalue weighted by molar-refractivity contribution is -0.138. The smallest absolute Gasteiger partial charge is 0.405 e. The number of benzene rings is 1. The number of alkyl halides is 3.